The van der Waals surface area contributed by atoms with E-state index in [1.807, 2.05) is 38.1 Å². The van der Waals surface area contributed by atoms with E-state index in [1.165, 1.54) is 9.08 Å². The van der Waals surface area contributed by atoms with E-state index in [-0.39, 0.29) is 18.1 Å². The second kappa shape index (κ2) is 6.86. The van der Waals surface area contributed by atoms with Crippen LogP contribution in [0.2, 0.25) is 0 Å². The second-order valence-corrected chi connectivity index (χ2v) is 6.94. The highest BCUT2D eigenvalue weighted by Crippen LogP contribution is 2.18. The third-order valence-corrected chi connectivity index (χ3v) is 4.70. The number of nitrogens with zero attached hydrogens (tertiary/aromatic N) is 5. The van der Waals surface area contributed by atoms with Gasteiger partial charge in [-0.2, -0.15) is 0 Å². The molecule has 4 rings (SSSR count). The van der Waals surface area contributed by atoms with Crippen molar-refractivity contribution in [3.05, 3.63) is 52.1 Å². The van der Waals surface area contributed by atoms with Crippen LogP contribution < -0.4 is 15.9 Å². The number of nitrogens with one attached hydrogen (secondary N) is 1. The van der Waals surface area contributed by atoms with Crippen LogP contribution in [0.25, 0.3) is 5.65 Å². The zero-order valence-corrected chi connectivity index (χ0v) is 15.5. The minimum atomic E-state index is -0.349. The number of carbonyl (C=O) groups excluding carboxylic acids is 1. The molecule has 0 saturated carbocycles. The number of aryl methyl sites for hydroxylation is 2. The lowest BCUT2D eigenvalue weighted by molar-refractivity contribution is -0.117. The Bertz CT molecular complexity index is 1040. The van der Waals surface area contributed by atoms with E-state index in [4.69, 9.17) is 0 Å². The largest absolute Gasteiger partial charge is 0.353 e. The Balaban J connectivity index is 1.63. The third-order valence-electron chi connectivity index (χ3n) is 4.70. The highest BCUT2D eigenvalue weighted by molar-refractivity contribution is 5.90. The average molecular weight is 366 g/mol. The van der Waals surface area contributed by atoms with Crippen LogP contribution in [0.5, 0.6) is 0 Å². The topological polar surface area (TPSA) is 84.5 Å². The van der Waals surface area contributed by atoms with Crippen molar-refractivity contribution in [3.63, 3.8) is 0 Å². The summed E-state index contributed by atoms with van der Waals surface area (Å²) in [6.07, 6.45) is 2.16. The fourth-order valence-electron chi connectivity index (χ4n) is 3.34. The Labute approximate surface area is 156 Å². The van der Waals surface area contributed by atoms with Crippen LogP contribution in [0.3, 0.4) is 0 Å². The number of anilines is 2. The van der Waals surface area contributed by atoms with Crippen molar-refractivity contribution in [3.8, 4) is 0 Å². The van der Waals surface area contributed by atoms with Gasteiger partial charge in [-0.1, -0.05) is 17.7 Å². The molecule has 1 fully saturated rings. The van der Waals surface area contributed by atoms with Gasteiger partial charge in [0.15, 0.2) is 5.65 Å². The first kappa shape index (κ1) is 17.3. The van der Waals surface area contributed by atoms with E-state index >= 15 is 0 Å². The van der Waals surface area contributed by atoms with Gasteiger partial charge >= 0.3 is 5.69 Å². The molecule has 1 saturated heterocycles. The molecule has 140 valence electrons. The van der Waals surface area contributed by atoms with Crippen LogP contribution in [0.1, 0.15) is 24.1 Å². The first-order valence-electron chi connectivity index (χ1n) is 9.10. The molecule has 1 amide bonds. The van der Waals surface area contributed by atoms with Gasteiger partial charge in [0.1, 0.15) is 6.54 Å². The molecule has 1 N–H and O–H groups in total. The lowest BCUT2D eigenvalue weighted by atomic mass is 10.2. The summed E-state index contributed by atoms with van der Waals surface area (Å²) in [6.45, 7) is 5.46. The Morgan fingerprint density at radius 2 is 1.85 bits per heavy atom. The van der Waals surface area contributed by atoms with Crippen molar-refractivity contribution < 1.29 is 4.79 Å². The zero-order valence-electron chi connectivity index (χ0n) is 15.5. The van der Waals surface area contributed by atoms with Gasteiger partial charge in [0.05, 0.1) is 0 Å². The highest BCUT2D eigenvalue weighted by atomic mass is 16.2. The van der Waals surface area contributed by atoms with Gasteiger partial charge in [-0.15, -0.1) is 5.10 Å². The lowest BCUT2D eigenvalue weighted by Crippen LogP contribution is -2.31. The Morgan fingerprint density at radius 3 is 2.56 bits per heavy atom. The van der Waals surface area contributed by atoms with Crippen molar-refractivity contribution >= 4 is 23.2 Å². The fourth-order valence-corrected chi connectivity index (χ4v) is 3.34. The van der Waals surface area contributed by atoms with Gasteiger partial charge in [-0.3, -0.25) is 4.79 Å². The molecule has 3 aromatic rings. The maximum Gasteiger partial charge on any atom is 0.353 e. The summed E-state index contributed by atoms with van der Waals surface area (Å²) in [5.41, 5.74) is 2.77. The van der Waals surface area contributed by atoms with E-state index in [9.17, 15) is 9.59 Å². The van der Waals surface area contributed by atoms with Crippen molar-refractivity contribution in [1.82, 2.24) is 19.2 Å². The molecule has 0 spiro atoms. The van der Waals surface area contributed by atoms with Crippen LogP contribution in [-0.4, -0.2) is 38.2 Å². The summed E-state index contributed by atoms with van der Waals surface area (Å²) in [4.78, 5) is 31.9. The first-order valence-corrected chi connectivity index (χ1v) is 9.10. The summed E-state index contributed by atoms with van der Waals surface area (Å²) < 4.78 is 2.69. The molecule has 8 heteroatoms. The predicted octanol–water partition coefficient (Wildman–Crippen LogP) is 1.75. The maximum atomic E-state index is 12.9. The number of hydrogen-bond donors (Lipinski definition) is 1. The van der Waals surface area contributed by atoms with Crippen molar-refractivity contribution in [2.75, 3.05) is 23.3 Å². The first-order chi connectivity index (χ1) is 13.0. The van der Waals surface area contributed by atoms with Crippen molar-refractivity contribution in [2.24, 2.45) is 0 Å². The molecule has 0 unspecified atom stereocenters. The SMILES string of the molecule is Cc1ccc(NC(=O)Cn2nc3cc(C)nc(N4CCCC4)n3c2=O)cc1. The minimum absolute atomic E-state index is 0.146. The molecule has 0 aliphatic carbocycles. The summed E-state index contributed by atoms with van der Waals surface area (Å²) in [5, 5.41) is 7.14. The average Bonchev–Trinajstić information content (AvgIpc) is 3.26. The summed E-state index contributed by atoms with van der Waals surface area (Å²) in [5.74, 6) is 0.314. The standard InChI is InChI=1S/C19H22N6O2/c1-13-5-7-15(8-6-13)21-17(26)12-24-19(27)25-16(22-24)11-14(2)20-18(25)23-9-3-4-10-23/h5-8,11H,3-4,9-10,12H2,1-2H3,(H,21,26). The molecule has 27 heavy (non-hydrogen) atoms. The van der Waals surface area contributed by atoms with Crippen LogP contribution in [0.4, 0.5) is 11.6 Å². The van der Waals surface area contributed by atoms with Crippen molar-refractivity contribution in [2.45, 2.75) is 33.2 Å². The number of rotatable bonds is 4. The van der Waals surface area contributed by atoms with E-state index < -0.39 is 0 Å². The summed E-state index contributed by atoms with van der Waals surface area (Å²) in [6, 6.07) is 9.26. The number of hydrogen-bond acceptors (Lipinski definition) is 5. The molecule has 1 aromatic carbocycles. The predicted molar refractivity (Wildman–Crippen MR) is 103 cm³/mol. The van der Waals surface area contributed by atoms with Crippen molar-refractivity contribution in [1.29, 1.82) is 0 Å². The molecule has 2 aromatic heterocycles. The van der Waals surface area contributed by atoms with Gasteiger partial charge in [0, 0.05) is 30.5 Å². The Kier molecular flexibility index (Phi) is 4.39. The number of fused-ring (bicyclic) bond motifs is 1. The van der Waals surface area contributed by atoms with E-state index in [0.717, 1.165) is 37.2 Å². The molecular formula is C19H22N6O2. The number of benzene rings is 1. The van der Waals surface area contributed by atoms with E-state index in [1.54, 1.807) is 6.07 Å². The molecule has 1 aliphatic heterocycles. The fraction of sp³-hybridized carbons (Fsp3) is 0.368. The number of carbonyl (C=O) groups is 1. The van der Waals surface area contributed by atoms with E-state index in [0.29, 0.717) is 17.3 Å². The van der Waals surface area contributed by atoms with Crippen LogP contribution in [0.15, 0.2) is 35.1 Å². The maximum absolute atomic E-state index is 12.9. The molecule has 1 aliphatic rings. The second-order valence-electron chi connectivity index (χ2n) is 6.94. The van der Waals surface area contributed by atoms with Gasteiger partial charge in [0.25, 0.3) is 0 Å². The van der Waals surface area contributed by atoms with Crippen LogP contribution in [-0.2, 0) is 11.3 Å². The number of aromatic nitrogens is 4. The normalized spacial score (nSPS) is 14.1. The van der Waals surface area contributed by atoms with E-state index in [2.05, 4.69) is 20.3 Å². The van der Waals surface area contributed by atoms with Crippen LogP contribution in [0, 0.1) is 13.8 Å². The molecule has 0 bridgehead atoms. The smallest absolute Gasteiger partial charge is 0.342 e. The minimum Gasteiger partial charge on any atom is -0.342 e. The van der Waals surface area contributed by atoms with Gasteiger partial charge in [0.2, 0.25) is 11.9 Å². The van der Waals surface area contributed by atoms with Gasteiger partial charge in [-0.05, 0) is 38.8 Å². The zero-order chi connectivity index (χ0) is 19.0. The molecular weight excluding hydrogens is 344 g/mol. The van der Waals surface area contributed by atoms with Crippen LogP contribution >= 0.6 is 0 Å². The third kappa shape index (κ3) is 3.42. The number of amides is 1. The quantitative estimate of drug-likeness (QED) is 0.760. The Hall–Kier alpha value is -3.16. The Morgan fingerprint density at radius 1 is 1.15 bits per heavy atom. The highest BCUT2D eigenvalue weighted by Gasteiger charge is 2.21. The molecule has 0 atom stereocenters. The van der Waals surface area contributed by atoms with Gasteiger partial charge < -0.3 is 10.2 Å². The molecule has 3 heterocycles. The lowest BCUT2D eigenvalue weighted by Gasteiger charge is -2.17. The monoisotopic (exact) mass is 366 g/mol. The summed E-state index contributed by atoms with van der Waals surface area (Å²) >= 11 is 0. The summed E-state index contributed by atoms with van der Waals surface area (Å²) in [7, 11) is 0. The molecule has 8 nitrogen and oxygen atoms in total. The molecule has 0 radical (unpaired) electrons. The van der Waals surface area contributed by atoms with Gasteiger partial charge in [-0.25, -0.2) is 18.9 Å².